The van der Waals surface area contributed by atoms with E-state index in [2.05, 4.69) is 4.74 Å². The molecular weight excluding hydrogens is 206 g/mol. The van der Waals surface area contributed by atoms with Crippen LogP contribution in [-0.2, 0) is 14.3 Å². The molecule has 0 radical (unpaired) electrons. The fourth-order valence-electron chi connectivity index (χ4n) is 1.98. The van der Waals surface area contributed by atoms with Crippen LogP contribution >= 0.6 is 0 Å². The maximum Gasteiger partial charge on any atom is 0.320 e. The first kappa shape index (κ1) is 12.4. The molecule has 15 heavy (non-hydrogen) atoms. The Hall–Kier alpha value is -0.710. The molecule has 5 heteroatoms. The third-order valence-electron chi connectivity index (χ3n) is 2.86. The van der Waals surface area contributed by atoms with Gasteiger partial charge in [0, 0.05) is 6.42 Å². The van der Waals surface area contributed by atoms with Crippen molar-refractivity contribution in [1.82, 2.24) is 0 Å². The second-order valence-electron chi connectivity index (χ2n) is 3.83. The minimum absolute atomic E-state index is 0.00451. The molecule has 0 aliphatic carbocycles. The zero-order valence-electron chi connectivity index (χ0n) is 9.02. The van der Waals surface area contributed by atoms with Gasteiger partial charge >= 0.3 is 5.97 Å². The van der Waals surface area contributed by atoms with Crippen molar-refractivity contribution < 1.29 is 23.0 Å². The first-order chi connectivity index (χ1) is 7.00. The number of hydrogen-bond donors (Lipinski definition) is 0. The SMILES string of the molecule is CCCC1(C(=O)OC)COCCC1(F)F. The zero-order valence-corrected chi connectivity index (χ0v) is 9.02. The van der Waals surface area contributed by atoms with Crippen LogP contribution in [0.3, 0.4) is 0 Å². The Kier molecular flexibility index (Phi) is 3.65. The minimum atomic E-state index is -3.03. The van der Waals surface area contributed by atoms with Gasteiger partial charge in [0.25, 0.3) is 5.92 Å². The molecule has 0 N–H and O–H groups in total. The molecule has 0 saturated carbocycles. The van der Waals surface area contributed by atoms with Gasteiger partial charge in [0.1, 0.15) is 0 Å². The maximum absolute atomic E-state index is 13.8. The van der Waals surface area contributed by atoms with Crippen molar-refractivity contribution in [3.05, 3.63) is 0 Å². The third kappa shape index (κ3) is 1.97. The lowest BCUT2D eigenvalue weighted by atomic mass is 9.75. The van der Waals surface area contributed by atoms with Gasteiger partial charge in [0.15, 0.2) is 5.41 Å². The monoisotopic (exact) mass is 222 g/mol. The van der Waals surface area contributed by atoms with Gasteiger partial charge in [0.2, 0.25) is 0 Å². The lowest BCUT2D eigenvalue weighted by Crippen LogP contribution is -2.54. The van der Waals surface area contributed by atoms with E-state index in [1.807, 2.05) is 0 Å². The topological polar surface area (TPSA) is 35.5 Å². The molecule has 1 unspecified atom stereocenters. The fourth-order valence-corrected chi connectivity index (χ4v) is 1.98. The highest BCUT2D eigenvalue weighted by atomic mass is 19.3. The highest BCUT2D eigenvalue weighted by Gasteiger charge is 2.60. The molecule has 1 aliphatic heterocycles. The number of hydrogen-bond acceptors (Lipinski definition) is 3. The second-order valence-corrected chi connectivity index (χ2v) is 3.83. The largest absolute Gasteiger partial charge is 0.468 e. The Morgan fingerprint density at radius 2 is 2.20 bits per heavy atom. The van der Waals surface area contributed by atoms with Crippen LogP contribution in [-0.4, -0.2) is 32.2 Å². The summed E-state index contributed by atoms with van der Waals surface area (Å²) in [7, 11) is 1.13. The molecule has 3 nitrogen and oxygen atoms in total. The first-order valence-electron chi connectivity index (χ1n) is 5.04. The van der Waals surface area contributed by atoms with Crippen molar-refractivity contribution in [2.75, 3.05) is 20.3 Å². The molecule has 0 spiro atoms. The molecule has 88 valence electrons. The summed E-state index contributed by atoms with van der Waals surface area (Å²) < 4.78 is 37.0. The smallest absolute Gasteiger partial charge is 0.320 e. The van der Waals surface area contributed by atoms with Gasteiger partial charge in [-0.15, -0.1) is 0 Å². The molecule has 1 rings (SSSR count). The molecule has 0 aromatic carbocycles. The number of esters is 1. The highest BCUT2D eigenvalue weighted by molar-refractivity contribution is 5.78. The predicted molar refractivity (Wildman–Crippen MR) is 49.7 cm³/mol. The lowest BCUT2D eigenvalue weighted by Gasteiger charge is -2.40. The second kappa shape index (κ2) is 4.43. The van der Waals surface area contributed by atoms with Crippen molar-refractivity contribution in [3.8, 4) is 0 Å². The summed E-state index contributed by atoms with van der Waals surface area (Å²) in [5, 5.41) is 0. The summed E-state index contributed by atoms with van der Waals surface area (Å²) in [5.74, 6) is -3.90. The van der Waals surface area contributed by atoms with E-state index in [4.69, 9.17) is 4.74 Å². The molecule has 0 amide bonds. The summed E-state index contributed by atoms with van der Waals surface area (Å²) in [6.45, 7) is 1.51. The van der Waals surface area contributed by atoms with E-state index < -0.39 is 23.7 Å². The molecule has 1 heterocycles. The Balaban J connectivity index is 3.00. The minimum Gasteiger partial charge on any atom is -0.468 e. The summed E-state index contributed by atoms with van der Waals surface area (Å²) in [6, 6.07) is 0. The normalized spacial score (nSPS) is 29.9. The predicted octanol–water partition coefficient (Wildman–Crippen LogP) is 2.00. The van der Waals surface area contributed by atoms with Crippen LogP contribution in [0.5, 0.6) is 0 Å². The van der Waals surface area contributed by atoms with Crippen LogP contribution in [0.2, 0.25) is 0 Å². The van der Waals surface area contributed by atoms with E-state index in [1.54, 1.807) is 6.92 Å². The Labute approximate surface area is 87.7 Å². The van der Waals surface area contributed by atoms with E-state index in [1.165, 1.54) is 0 Å². The number of halogens is 2. The van der Waals surface area contributed by atoms with Crippen LogP contribution in [0, 0.1) is 5.41 Å². The fraction of sp³-hybridized carbons (Fsp3) is 0.900. The number of carbonyl (C=O) groups is 1. The van der Waals surface area contributed by atoms with Crippen LogP contribution in [0.4, 0.5) is 8.78 Å². The number of rotatable bonds is 3. The van der Waals surface area contributed by atoms with Gasteiger partial charge in [-0.05, 0) is 6.42 Å². The molecule has 1 fully saturated rings. The Bertz CT molecular complexity index is 239. The zero-order chi connectivity index (χ0) is 11.5. The number of carbonyl (C=O) groups excluding carboxylic acids is 1. The molecule has 1 atom stereocenters. The lowest BCUT2D eigenvalue weighted by molar-refractivity contribution is -0.219. The number of ether oxygens (including phenoxy) is 2. The highest BCUT2D eigenvalue weighted by Crippen LogP contribution is 2.46. The van der Waals surface area contributed by atoms with Crippen molar-refractivity contribution in [2.24, 2.45) is 5.41 Å². The van der Waals surface area contributed by atoms with Gasteiger partial charge in [-0.25, -0.2) is 8.78 Å². The summed E-state index contributed by atoms with van der Waals surface area (Å²) in [6.07, 6.45) is 0.169. The first-order valence-corrected chi connectivity index (χ1v) is 5.04. The van der Waals surface area contributed by atoms with Crippen molar-refractivity contribution in [1.29, 1.82) is 0 Å². The van der Waals surface area contributed by atoms with E-state index in [0.717, 1.165) is 7.11 Å². The van der Waals surface area contributed by atoms with Gasteiger partial charge in [-0.2, -0.15) is 0 Å². The third-order valence-corrected chi connectivity index (χ3v) is 2.86. The number of alkyl halides is 2. The molecule has 0 bridgehead atoms. The number of methoxy groups -OCH3 is 1. The summed E-state index contributed by atoms with van der Waals surface area (Å²) in [4.78, 5) is 11.5. The molecular formula is C10H16F2O3. The van der Waals surface area contributed by atoms with E-state index >= 15 is 0 Å². The van der Waals surface area contributed by atoms with Crippen LogP contribution < -0.4 is 0 Å². The maximum atomic E-state index is 13.8. The average Bonchev–Trinajstić information content (AvgIpc) is 2.20. The molecule has 0 aromatic heterocycles. The van der Waals surface area contributed by atoms with Crippen molar-refractivity contribution in [3.63, 3.8) is 0 Å². The standard InChI is InChI=1S/C10H16F2O3/c1-3-4-9(8(13)14-2)7-15-6-5-10(9,11)12/h3-7H2,1-2H3. The van der Waals surface area contributed by atoms with Gasteiger partial charge in [-0.3, -0.25) is 4.79 Å². The molecule has 1 aliphatic rings. The van der Waals surface area contributed by atoms with E-state index in [9.17, 15) is 13.6 Å². The van der Waals surface area contributed by atoms with E-state index in [0.29, 0.717) is 6.42 Å². The van der Waals surface area contributed by atoms with E-state index in [-0.39, 0.29) is 19.6 Å². The summed E-state index contributed by atoms with van der Waals surface area (Å²) >= 11 is 0. The van der Waals surface area contributed by atoms with Crippen LogP contribution in [0.1, 0.15) is 26.2 Å². The van der Waals surface area contributed by atoms with Crippen molar-refractivity contribution in [2.45, 2.75) is 32.1 Å². The van der Waals surface area contributed by atoms with Gasteiger partial charge in [0.05, 0.1) is 20.3 Å². The Morgan fingerprint density at radius 3 is 2.67 bits per heavy atom. The average molecular weight is 222 g/mol. The van der Waals surface area contributed by atoms with Gasteiger partial charge in [-0.1, -0.05) is 13.3 Å². The van der Waals surface area contributed by atoms with Gasteiger partial charge < -0.3 is 9.47 Å². The Morgan fingerprint density at radius 1 is 1.53 bits per heavy atom. The molecule has 1 saturated heterocycles. The summed E-state index contributed by atoms with van der Waals surface area (Å²) in [5.41, 5.74) is -1.78. The quantitative estimate of drug-likeness (QED) is 0.685. The molecule has 0 aromatic rings. The van der Waals surface area contributed by atoms with Crippen LogP contribution in [0.15, 0.2) is 0 Å². The van der Waals surface area contributed by atoms with Crippen LogP contribution in [0.25, 0.3) is 0 Å². The van der Waals surface area contributed by atoms with Crippen molar-refractivity contribution >= 4 is 5.97 Å².